The number of rotatable bonds is 5. The van der Waals surface area contributed by atoms with Gasteiger partial charge in [-0.15, -0.1) is 0 Å². The number of piperidine rings is 1. The molecule has 4 nitrogen and oxygen atoms in total. The summed E-state index contributed by atoms with van der Waals surface area (Å²) in [5, 5.41) is 9.63. The Labute approximate surface area is 128 Å². The van der Waals surface area contributed by atoms with Crippen LogP contribution < -0.4 is 4.90 Å². The molecule has 0 bridgehead atoms. The van der Waals surface area contributed by atoms with Crippen LogP contribution in [0.15, 0.2) is 6.20 Å². The molecule has 1 aliphatic heterocycles. The van der Waals surface area contributed by atoms with E-state index in [0.29, 0.717) is 11.3 Å². The zero-order valence-corrected chi connectivity index (χ0v) is 13.9. The summed E-state index contributed by atoms with van der Waals surface area (Å²) in [6, 6.07) is 0. The van der Waals surface area contributed by atoms with Crippen LogP contribution in [-0.4, -0.2) is 28.2 Å². The van der Waals surface area contributed by atoms with Crippen molar-refractivity contribution in [1.82, 2.24) is 9.97 Å². The summed E-state index contributed by atoms with van der Waals surface area (Å²) in [4.78, 5) is 11.4. The molecule has 0 aliphatic carbocycles. The molecule has 1 saturated heterocycles. The third kappa shape index (κ3) is 3.37. The first-order valence-electron chi connectivity index (χ1n) is 8.27. The van der Waals surface area contributed by atoms with Crippen LogP contribution in [-0.2, 0) is 6.61 Å². The number of aromatic nitrogens is 2. The SMILES string of the molecule is CCC1(CC)CCN(c2cnc(C(C)C)nc2CO)CC1. The lowest BCUT2D eigenvalue weighted by molar-refractivity contribution is 0.199. The van der Waals surface area contributed by atoms with Crippen LogP contribution in [0.1, 0.15) is 70.8 Å². The average molecular weight is 291 g/mol. The minimum Gasteiger partial charge on any atom is -0.390 e. The molecule has 2 heterocycles. The average Bonchev–Trinajstić information content (AvgIpc) is 2.54. The van der Waals surface area contributed by atoms with Crippen LogP contribution in [0.5, 0.6) is 0 Å². The molecule has 2 rings (SSSR count). The van der Waals surface area contributed by atoms with Crippen LogP contribution in [0.4, 0.5) is 5.69 Å². The van der Waals surface area contributed by atoms with Gasteiger partial charge in [0.2, 0.25) is 0 Å². The summed E-state index contributed by atoms with van der Waals surface area (Å²) in [6.07, 6.45) is 6.85. The molecule has 1 fully saturated rings. The Morgan fingerprint density at radius 3 is 2.33 bits per heavy atom. The van der Waals surface area contributed by atoms with Crippen molar-refractivity contribution in [2.24, 2.45) is 5.41 Å². The smallest absolute Gasteiger partial charge is 0.131 e. The Morgan fingerprint density at radius 2 is 1.86 bits per heavy atom. The van der Waals surface area contributed by atoms with E-state index in [1.165, 1.54) is 25.7 Å². The van der Waals surface area contributed by atoms with Crippen LogP contribution in [0, 0.1) is 5.41 Å². The molecule has 0 aromatic carbocycles. The Balaban J connectivity index is 2.16. The molecule has 1 N–H and O–H groups in total. The second kappa shape index (κ2) is 6.73. The molecule has 0 atom stereocenters. The number of anilines is 1. The molecule has 4 heteroatoms. The fraction of sp³-hybridized carbons (Fsp3) is 0.765. The molecule has 1 aromatic heterocycles. The first-order valence-corrected chi connectivity index (χ1v) is 8.27. The van der Waals surface area contributed by atoms with Crippen molar-refractivity contribution in [3.63, 3.8) is 0 Å². The Hall–Kier alpha value is -1.16. The maximum atomic E-state index is 9.63. The van der Waals surface area contributed by atoms with Gasteiger partial charge in [0.25, 0.3) is 0 Å². The minimum atomic E-state index is -0.0131. The molecular formula is C17H29N3O. The lowest BCUT2D eigenvalue weighted by atomic mass is 9.74. The van der Waals surface area contributed by atoms with Gasteiger partial charge in [-0.25, -0.2) is 9.97 Å². The summed E-state index contributed by atoms with van der Waals surface area (Å²) < 4.78 is 0. The van der Waals surface area contributed by atoms with Gasteiger partial charge in [0.05, 0.1) is 24.2 Å². The third-order valence-electron chi connectivity index (χ3n) is 5.20. The second-order valence-corrected chi connectivity index (χ2v) is 6.57. The first kappa shape index (κ1) is 16.2. The molecule has 0 unspecified atom stereocenters. The molecule has 0 radical (unpaired) electrons. The second-order valence-electron chi connectivity index (χ2n) is 6.57. The van der Waals surface area contributed by atoms with Gasteiger partial charge < -0.3 is 10.0 Å². The number of hydrogen-bond donors (Lipinski definition) is 1. The van der Waals surface area contributed by atoms with E-state index in [2.05, 4.69) is 42.6 Å². The summed E-state index contributed by atoms with van der Waals surface area (Å²) >= 11 is 0. The van der Waals surface area contributed by atoms with E-state index < -0.39 is 0 Å². The zero-order valence-electron chi connectivity index (χ0n) is 13.9. The monoisotopic (exact) mass is 291 g/mol. The summed E-state index contributed by atoms with van der Waals surface area (Å²) in [5.41, 5.74) is 2.30. The number of aliphatic hydroxyl groups excluding tert-OH is 1. The highest BCUT2D eigenvalue weighted by molar-refractivity contribution is 5.49. The number of nitrogens with zero attached hydrogens (tertiary/aromatic N) is 3. The molecule has 21 heavy (non-hydrogen) atoms. The van der Waals surface area contributed by atoms with Gasteiger partial charge in [-0.05, 0) is 18.3 Å². The quantitative estimate of drug-likeness (QED) is 0.902. The van der Waals surface area contributed by atoms with Gasteiger partial charge in [0.15, 0.2) is 0 Å². The van der Waals surface area contributed by atoms with Gasteiger partial charge >= 0.3 is 0 Å². The van der Waals surface area contributed by atoms with Gasteiger partial charge in [-0.1, -0.05) is 40.5 Å². The van der Waals surface area contributed by atoms with Gasteiger partial charge in [-0.2, -0.15) is 0 Å². The van der Waals surface area contributed by atoms with Crippen LogP contribution in [0.3, 0.4) is 0 Å². The lowest BCUT2D eigenvalue weighted by Crippen LogP contribution is -2.40. The number of aliphatic hydroxyl groups is 1. The van der Waals surface area contributed by atoms with E-state index in [0.717, 1.165) is 30.3 Å². The Bertz CT molecular complexity index is 459. The molecule has 118 valence electrons. The van der Waals surface area contributed by atoms with E-state index in [9.17, 15) is 5.11 Å². The van der Waals surface area contributed by atoms with Crippen molar-refractivity contribution in [1.29, 1.82) is 0 Å². The maximum Gasteiger partial charge on any atom is 0.131 e. The maximum absolute atomic E-state index is 9.63. The predicted octanol–water partition coefficient (Wildman–Crippen LogP) is 3.50. The first-order chi connectivity index (χ1) is 10.0. The highest BCUT2D eigenvalue weighted by Gasteiger charge is 2.32. The van der Waals surface area contributed by atoms with E-state index >= 15 is 0 Å². The molecule has 1 aliphatic rings. The third-order valence-corrected chi connectivity index (χ3v) is 5.20. The molecular weight excluding hydrogens is 262 g/mol. The van der Waals surface area contributed by atoms with E-state index in [-0.39, 0.29) is 6.61 Å². The number of hydrogen-bond acceptors (Lipinski definition) is 4. The predicted molar refractivity (Wildman–Crippen MR) is 86.5 cm³/mol. The normalized spacial score (nSPS) is 18.3. The minimum absolute atomic E-state index is 0.0131. The standard InChI is InChI=1S/C17H29N3O/c1-5-17(6-2)7-9-20(10-8-17)15-11-18-16(13(3)4)19-14(15)12-21/h11,13,21H,5-10,12H2,1-4H3. The van der Waals surface area contributed by atoms with Crippen molar-refractivity contribution in [2.45, 2.75) is 65.9 Å². The summed E-state index contributed by atoms with van der Waals surface area (Å²) in [5.74, 6) is 1.11. The largest absolute Gasteiger partial charge is 0.390 e. The van der Waals surface area contributed by atoms with Crippen LogP contribution in [0.2, 0.25) is 0 Å². The van der Waals surface area contributed by atoms with Crippen molar-refractivity contribution in [3.8, 4) is 0 Å². The van der Waals surface area contributed by atoms with E-state index in [1.807, 2.05) is 6.20 Å². The fourth-order valence-corrected chi connectivity index (χ4v) is 3.26. The van der Waals surface area contributed by atoms with E-state index in [4.69, 9.17) is 0 Å². The molecule has 0 saturated carbocycles. The zero-order chi connectivity index (χ0) is 15.5. The fourth-order valence-electron chi connectivity index (χ4n) is 3.26. The summed E-state index contributed by atoms with van der Waals surface area (Å²) in [7, 11) is 0. The van der Waals surface area contributed by atoms with Gasteiger partial charge in [-0.3, -0.25) is 0 Å². The Morgan fingerprint density at radius 1 is 1.24 bits per heavy atom. The van der Waals surface area contributed by atoms with Gasteiger partial charge in [0.1, 0.15) is 5.82 Å². The van der Waals surface area contributed by atoms with Crippen molar-refractivity contribution in [2.75, 3.05) is 18.0 Å². The lowest BCUT2D eigenvalue weighted by Gasteiger charge is -2.42. The van der Waals surface area contributed by atoms with Crippen molar-refractivity contribution < 1.29 is 5.11 Å². The summed E-state index contributed by atoms with van der Waals surface area (Å²) in [6.45, 7) is 10.8. The molecule has 1 aromatic rings. The van der Waals surface area contributed by atoms with Crippen molar-refractivity contribution in [3.05, 3.63) is 17.7 Å². The molecule has 0 spiro atoms. The highest BCUT2D eigenvalue weighted by Crippen LogP contribution is 2.39. The van der Waals surface area contributed by atoms with E-state index in [1.54, 1.807) is 0 Å². The van der Waals surface area contributed by atoms with Crippen LogP contribution >= 0.6 is 0 Å². The molecule has 0 amide bonds. The van der Waals surface area contributed by atoms with Crippen LogP contribution in [0.25, 0.3) is 0 Å². The van der Waals surface area contributed by atoms with Crippen molar-refractivity contribution >= 4 is 5.69 Å². The Kier molecular flexibility index (Phi) is 5.20. The topological polar surface area (TPSA) is 49.2 Å². The highest BCUT2D eigenvalue weighted by atomic mass is 16.3. The van der Waals surface area contributed by atoms with Gasteiger partial charge in [0, 0.05) is 19.0 Å².